The third-order valence-electron chi connectivity index (χ3n) is 7.08. The summed E-state index contributed by atoms with van der Waals surface area (Å²) in [6.45, 7) is 11.5. The molecule has 1 aromatic rings. The van der Waals surface area contributed by atoms with Gasteiger partial charge in [0.1, 0.15) is 11.6 Å². The highest BCUT2D eigenvalue weighted by molar-refractivity contribution is 5.32. The summed E-state index contributed by atoms with van der Waals surface area (Å²) in [5.41, 5.74) is 1.41. The Kier molecular flexibility index (Phi) is 8.07. The second-order valence-electron chi connectivity index (χ2n) is 9.60. The number of allylic oxidation sites excluding steroid dienone is 3. The smallest absolute Gasteiger partial charge is 0.162 e. The first-order valence-electron chi connectivity index (χ1n) is 11.6. The van der Waals surface area contributed by atoms with E-state index in [0.717, 1.165) is 51.4 Å². The van der Waals surface area contributed by atoms with Crippen molar-refractivity contribution in [2.75, 3.05) is 6.61 Å². The van der Waals surface area contributed by atoms with Crippen LogP contribution in [0.4, 0.5) is 13.2 Å². The van der Waals surface area contributed by atoms with E-state index >= 15 is 0 Å². The molecule has 2 fully saturated rings. The summed E-state index contributed by atoms with van der Waals surface area (Å²) in [7, 11) is 0. The highest BCUT2D eigenvalue weighted by atomic mass is 19.2. The SMILES string of the molecule is C=C(/C=C(/F)C(=C)C)OCC1CCC(c2ccc(C3CCC(C)CC3)c(F)c2F)CC1. The average Bonchev–Trinajstić information content (AvgIpc) is 2.75. The molecule has 2 aliphatic carbocycles. The summed E-state index contributed by atoms with van der Waals surface area (Å²) in [4.78, 5) is 0. The predicted molar refractivity (Wildman–Crippen MR) is 121 cm³/mol. The van der Waals surface area contributed by atoms with E-state index in [1.54, 1.807) is 6.92 Å². The Morgan fingerprint density at radius 1 is 0.935 bits per heavy atom. The van der Waals surface area contributed by atoms with Crippen molar-refractivity contribution in [2.45, 2.75) is 77.0 Å². The molecule has 2 saturated carbocycles. The van der Waals surface area contributed by atoms with Gasteiger partial charge in [-0.25, -0.2) is 13.2 Å². The number of benzene rings is 1. The molecule has 1 nitrogen and oxygen atoms in total. The molecule has 2 aliphatic rings. The summed E-state index contributed by atoms with van der Waals surface area (Å²) in [5, 5.41) is 0. The lowest BCUT2D eigenvalue weighted by Crippen LogP contribution is -2.19. The monoisotopic (exact) mass is 432 g/mol. The second-order valence-corrected chi connectivity index (χ2v) is 9.60. The summed E-state index contributed by atoms with van der Waals surface area (Å²) >= 11 is 0. The fraction of sp³-hybridized carbons (Fsp3) is 0.556. The maximum Gasteiger partial charge on any atom is 0.162 e. The van der Waals surface area contributed by atoms with Gasteiger partial charge in [-0.15, -0.1) is 0 Å². The van der Waals surface area contributed by atoms with Crippen LogP contribution in [0.2, 0.25) is 0 Å². The van der Waals surface area contributed by atoms with Crippen LogP contribution in [0.25, 0.3) is 0 Å². The normalized spacial score (nSPS) is 27.1. The van der Waals surface area contributed by atoms with Gasteiger partial charge in [0, 0.05) is 6.08 Å². The molecule has 0 saturated heterocycles. The molecule has 0 N–H and O–H groups in total. The summed E-state index contributed by atoms with van der Waals surface area (Å²) in [5.74, 6) is -0.262. The van der Waals surface area contributed by atoms with Crippen molar-refractivity contribution in [1.29, 1.82) is 0 Å². The molecule has 3 rings (SSSR count). The highest BCUT2D eigenvalue weighted by Crippen LogP contribution is 2.41. The molecule has 170 valence electrons. The molecule has 0 spiro atoms. The molecule has 0 atom stereocenters. The van der Waals surface area contributed by atoms with Crippen LogP contribution in [0.5, 0.6) is 0 Å². The molecular weight excluding hydrogens is 397 g/mol. The first-order valence-corrected chi connectivity index (χ1v) is 11.6. The van der Waals surface area contributed by atoms with E-state index in [1.807, 2.05) is 12.1 Å². The van der Waals surface area contributed by atoms with Gasteiger partial charge < -0.3 is 4.74 Å². The van der Waals surface area contributed by atoms with Gasteiger partial charge in [0.2, 0.25) is 0 Å². The number of rotatable bonds is 7. The van der Waals surface area contributed by atoms with Crippen LogP contribution in [0.1, 0.15) is 88.2 Å². The standard InChI is InChI=1S/C27H35F3O/c1-17(2)25(28)15-19(4)31-16-20-7-11-22(12-8-20)24-14-13-23(26(29)27(24)30)21-9-5-18(3)6-10-21/h13-15,18,20-22H,1,4-12,16H2,2-3H3/b25-15+. The Hall–Kier alpha value is -1.97. The van der Waals surface area contributed by atoms with Crippen LogP contribution in [-0.2, 0) is 4.74 Å². The van der Waals surface area contributed by atoms with Crippen LogP contribution in [-0.4, -0.2) is 6.61 Å². The van der Waals surface area contributed by atoms with Crippen LogP contribution >= 0.6 is 0 Å². The van der Waals surface area contributed by atoms with Crippen molar-refractivity contribution < 1.29 is 17.9 Å². The zero-order valence-corrected chi connectivity index (χ0v) is 18.9. The van der Waals surface area contributed by atoms with Crippen LogP contribution in [0.15, 0.2) is 48.5 Å². The van der Waals surface area contributed by atoms with Gasteiger partial charge in [0.05, 0.1) is 6.61 Å². The molecule has 0 unspecified atom stereocenters. The van der Waals surface area contributed by atoms with Crippen molar-refractivity contribution in [1.82, 2.24) is 0 Å². The van der Waals surface area contributed by atoms with E-state index in [0.29, 0.717) is 35.1 Å². The fourth-order valence-electron chi connectivity index (χ4n) is 4.95. The molecule has 1 aromatic carbocycles. The molecule has 0 heterocycles. The summed E-state index contributed by atoms with van der Waals surface area (Å²) in [6, 6.07) is 3.65. The molecule has 0 aliphatic heterocycles. The van der Waals surface area contributed by atoms with Gasteiger partial charge in [-0.1, -0.05) is 45.1 Å². The maximum absolute atomic E-state index is 15.0. The zero-order chi connectivity index (χ0) is 22.5. The van der Waals surface area contributed by atoms with E-state index in [-0.39, 0.29) is 17.6 Å². The number of ether oxygens (including phenoxy) is 1. The van der Waals surface area contributed by atoms with Crippen molar-refractivity contribution in [3.05, 3.63) is 71.3 Å². The van der Waals surface area contributed by atoms with Gasteiger partial charge in [-0.05, 0) is 85.8 Å². The van der Waals surface area contributed by atoms with Gasteiger partial charge in [-0.3, -0.25) is 0 Å². The molecule has 0 aromatic heterocycles. The minimum Gasteiger partial charge on any atom is -0.494 e. The average molecular weight is 433 g/mol. The Labute approximate surface area is 185 Å². The van der Waals surface area contributed by atoms with Gasteiger partial charge in [0.25, 0.3) is 0 Å². The zero-order valence-electron chi connectivity index (χ0n) is 18.9. The number of halogens is 3. The highest BCUT2D eigenvalue weighted by Gasteiger charge is 2.29. The maximum atomic E-state index is 15.0. The van der Waals surface area contributed by atoms with E-state index < -0.39 is 17.5 Å². The Morgan fingerprint density at radius 2 is 1.42 bits per heavy atom. The molecule has 0 amide bonds. The molecule has 0 radical (unpaired) electrons. The van der Waals surface area contributed by atoms with E-state index in [1.165, 1.54) is 6.08 Å². The molecule has 31 heavy (non-hydrogen) atoms. The third kappa shape index (κ3) is 6.05. The first-order chi connectivity index (χ1) is 14.8. The Bertz CT molecular complexity index is 825. The number of hydrogen-bond acceptors (Lipinski definition) is 1. The Balaban J connectivity index is 1.55. The van der Waals surface area contributed by atoms with Crippen molar-refractivity contribution in [3.63, 3.8) is 0 Å². The van der Waals surface area contributed by atoms with Crippen LogP contribution in [0.3, 0.4) is 0 Å². The van der Waals surface area contributed by atoms with E-state index in [4.69, 9.17) is 4.74 Å². The van der Waals surface area contributed by atoms with Crippen LogP contribution in [0, 0.1) is 23.5 Å². The van der Waals surface area contributed by atoms with Crippen molar-refractivity contribution >= 4 is 0 Å². The largest absolute Gasteiger partial charge is 0.494 e. The minimum absolute atomic E-state index is 0.0372. The second kappa shape index (κ2) is 10.6. The Morgan fingerprint density at radius 3 is 1.90 bits per heavy atom. The van der Waals surface area contributed by atoms with Crippen LogP contribution < -0.4 is 0 Å². The fourth-order valence-corrected chi connectivity index (χ4v) is 4.95. The third-order valence-corrected chi connectivity index (χ3v) is 7.08. The lowest BCUT2D eigenvalue weighted by atomic mass is 9.76. The quantitative estimate of drug-likeness (QED) is 0.310. The van der Waals surface area contributed by atoms with Gasteiger partial charge >= 0.3 is 0 Å². The predicted octanol–water partition coefficient (Wildman–Crippen LogP) is 8.49. The lowest BCUT2D eigenvalue weighted by molar-refractivity contribution is 0.145. The topological polar surface area (TPSA) is 9.23 Å². The molecule has 0 bridgehead atoms. The summed E-state index contributed by atoms with van der Waals surface area (Å²) in [6.07, 6.45) is 8.64. The van der Waals surface area contributed by atoms with E-state index in [9.17, 15) is 13.2 Å². The first kappa shape index (κ1) is 23.7. The van der Waals surface area contributed by atoms with Crippen molar-refractivity contribution in [3.8, 4) is 0 Å². The minimum atomic E-state index is -0.649. The lowest BCUT2D eigenvalue weighted by Gasteiger charge is -2.30. The molecular formula is C27H35F3O. The van der Waals surface area contributed by atoms with Crippen molar-refractivity contribution in [2.24, 2.45) is 11.8 Å². The van der Waals surface area contributed by atoms with Gasteiger partial charge in [-0.2, -0.15) is 0 Å². The number of hydrogen-bond donors (Lipinski definition) is 0. The summed E-state index contributed by atoms with van der Waals surface area (Å²) < 4.78 is 49.0. The van der Waals surface area contributed by atoms with E-state index in [2.05, 4.69) is 20.1 Å². The molecule has 4 heteroatoms. The van der Waals surface area contributed by atoms with Gasteiger partial charge in [0.15, 0.2) is 11.6 Å².